The van der Waals surface area contributed by atoms with Crippen molar-refractivity contribution in [1.29, 1.82) is 0 Å². The van der Waals surface area contributed by atoms with Gasteiger partial charge in [0, 0.05) is 14.5 Å². The molecule has 0 amide bonds. The Morgan fingerprint density at radius 2 is 1.64 bits per heavy atom. The van der Waals surface area contributed by atoms with Gasteiger partial charge in [-0.1, -0.05) is 27.2 Å². The zero-order valence-corrected chi connectivity index (χ0v) is 10.3. The van der Waals surface area contributed by atoms with Gasteiger partial charge in [0.15, 0.2) is 0 Å². The van der Waals surface area contributed by atoms with Crippen LogP contribution in [0.3, 0.4) is 0 Å². The molecule has 1 rings (SSSR count). The summed E-state index contributed by atoms with van der Waals surface area (Å²) in [6.07, 6.45) is 5.32. The third-order valence-electron chi connectivity index (χ3n) is 2.23. The molecular formula is C12H30N2. The Bertz CT molecular complexity index is 104. The topological polar surface area (TPSA) is 15.3 Å². The molecule has 0 spiro atoms. The lowest BCUT2D eigenvalue weighted by Gasteiger charge is -2.14. The minimum Gasteiger partial charge on any atom is -0.315 e. The smallest absolute Gasteiger partial charge is 0.0107 e. The molecular weight excluding hydrogens is 172 g/mol. The fraction of sp³-hybridized carbons (Fsp3) is 1.00. The monoisotopic (exact) mass is 202 g/mol. The highest BCUT2D eigenvalue weighted by Crippen LogP contribution is 2.05. The van der Waals surface area contributed by atoms with E-state index in [9.17, 15) is 0 Å². The molecule has 2 nitrogen and oxygen atoms in total. The summed E-state index contributed by atoms with van der Waals surface area (Å²) in [6, 6.07) is 0. The van der Waals surface area contributed by atoms with Crippen molar-refractivity contribution in [2.24, 2.45) is 0 Å². The maximum Gasteiger partial charge on any atom is 0.0107 e. The molecule has 0 unspecified atom stereocenters. The molecule has 1 saturated heterocycles. The number of nitrogens with one attached hydrogen (secondary N) is 1. The quantitative estimate of drug-likeness (QED) is 0.690. The molecule has 14 heavy (non-hydrogen) atoms. The van der Waals surface area contributed by atoms with Gasteiger partial charge < -0.3 is 10.2 Å². The van der Waals surface area contributed by atoms with Crippen LogP contribution in [0.25, 0.3) is 0 Å². The van der Waals surface area contributed by atoms with Gasteiger partial charge >= 0.3 is 0 Å². The van der Waals surface area contributed by atoms with Gasteiger partial charge in [-0.3, -0.25) is 0 Å². The first-order chi connectivity index (χ1) is 6.85. The standard InChI is InChI=1S/C9H20N2.C3H8.H2/c1-2-5-10-6-9-11-7-3-4-8-11;1-3-2;/h10H,2-9H2,1H3;3H2,1-2H3;1H. The van der Waals surface area contributed by atoms with Gasteiger partial charge in [-0.15, -0.1) is 0 Å². The van der Waals surface area contributed by atoms with E-state index < -0.39 is 0 Å². The summed E-state index contributed by atoms with van der Waals surface area (Å²) in [5.41, 5.74) is 0. The second kappa shape index (κ2) is 11.0. The largest absolute Gasteiger partial charge is 0.315 e. The van der Waals surface area contributed by atoms with Crippen LogP contribution in [0.4, 0.5) is 0 Å². The van der Waals surface area contributed by atoms with Crippen LogP contribution in [0.1, 0.15) is 47.9 Å². The van der Waals surface area contributed by atoms with E-state index in [0.717, 1.165) is 0 Å². The Kier molecular flexibility index (Phi) is 10.9. The lowest BCUT2D eigenvalue weighted by molar-refractivity contribution is 0.336. The van der Waals surface area contributed by atoms with Crippen molar-refractivity contribution >= 4 is 0 Å². The van der Waals surface area contributed by atoms with E-state index in [1.807, 2.05) is 0 Å². The van der Waals surface area contributed by atoms with E-state index in [4.69, 9.17) is 0 Å². The van der Waals surface area contributed by atoms with Crippen LogP contribution in [0.5, 0.6) is 0 Å². The highest BCUT2D eigenvalue weighted by molar-refractivity contribution is 4.66. The van der Waals surface area contributed by atoms with Gasteiger partial charge in [0.05, 0.1) is 0 Å². The van der Waals surface area contributed by atoms with Crippen molar-refractivity contribution in [2.75, 3.05) is 32.7 Å². The molecule has 0 radical (unpaired) electrons. The third-order valence-corrected chi connectivity index (χ3v) is 2.23. The average molecular weight is 202 g/mol. The molecule has 0 aliphatic carbocycles. The van der Waals surface area contributed by atoms with E-state index in [0.29, 0.717) is 0 Å². The minimum absolute atomic E-state index is 0. The number of likely N-dealkylation sites (tertiary alicyclic amines) is 1. The Morgan fingerprint density at radius 1 is 1.07 bits per heavy atom. The molecule has 2 heteroatoms. The Labute approximate surface area is 91.5 Å². The van der Waals surface area contributed by atoms with Crippen LogP contribution >= 0.6 is 0 Å². The Balaban J connectivity index is 0. The van der Waals surface area contributed by atoms with Crippen molar-refractivity contribution in [3.8, 4) is 0 Å². The summed E-state index contributed by atoms with van der Waals surface area (Å²) >= 11 is 0. The van der Waals surface area contributed by atoms with E-state index in [1.165, 1.54) is 58.4 Å². The second-order valence-corrected chi connectivity index (χ2v) is 4.01. The highest BCUT2D eigenvalue weighted by atomic mass is 15.1. The molecule has 0 aromatic heterocycles. The fourth-order valence-electron chi connectivity index (χ4n) is 1.55. The second-order valence-electron chi connectivity index (χ2n) is 4.01. The van der Waals surface area contributed by atoms with Crippen LogP contribution < -0.4 is 5.32 Å². The van der Waals surface area contributed by atoms with Gasteiger partial charge in [0.2, 0.25) is 0 Å². The maximum atomic E-state index is 3.42. The summed E-state index contributed by atoms with van der Waals surface area (Å²) in [5.74, 6) is 0. The first-order valence-corrected chi connectivity index (χ1v) is 6.28. The first-order valence-electron chi connectivity index (χ1n) is 6.28. The van der Waals surface area contributed by atoms with Gasteiger partial charge in [-0.05, 0) is 38.9 Å². The van der Waals surface area contributed by atoms with Crippen LogP contribution in [-0.4, -0.2) is 37.6 Å². The fourth-order valence-corrected chi connectivity index (χ4v) is 1.55. The molecule has 1 aliphatic heterocycles. The first kappa shape index (κ1) is 13.9. The summed E-state index contributed by atoms with van der Waals surface area (Å²) in [6.45, 7) is 12.7. The van der Waals surface area contributed by atoms with Crippen LogP contribution in [0, 0.1) is 0 Å². The average Bonchev–Trinajstić information content (AvgIpc) is 2.66. The Morgan fingerprint density at radius 3 is 2.14 bits per heavy atom. The number of hydrogen-bond acceptors (Lipinski definition) is 2. The molecule has 0 atom stereocenters. The zero-order valence-electron chi connectivity index (χ0n) is 10.3. The lowest BCUT2D eigenvalue weighted by atomic mass is 10.4. The normalized spacial score (nSPS) is 16.5. The van der Waals surface area contributed by atoms with Crippen molar-refractivity contribution in [3.05, 3.63) is 0 Å². The summed E-state index contributed by atoms with van der Waals surface area (Å²) in [7, 11) is 0. The number of nitrogens with zero attached hydrogens (tertiary/aromatic N) is 1. The molecule has 0 bridgehead atoms. The molecule has 1 N–H and O–H groups in total. The van der Waals surface area contributed by atoms with E-state index in [1.54, 1.807) is 0 Å². The third kappa shape index (κ3) is 8.52. The summed E-state index contributed by atoms with van der Waals surface area (Å²) in [5, 5.41) is 3.42. The van der Waals surface area contributed by atoms with Gasteiger partial charge in [0.25, 0.3) is 0 Å². The zero-order chi connectivity index (χ0) is 10.6. The minimum atomic E-state index is 0. The van der Waals surface area contributed by atoms with Crippen molar-refractivity contribution < 1.29 is 1.43 Å². The molecule has 0 saturated carbocycles. The van der Waals surface area contributed by atoms with Crippen molar-refractivity contribution in [3.63, 3.8) is 0 Å². The van der Waals surface area contributed by atoms with E-state index in [2.05, 4.69) is 31.0 Å². The molecule has 88 valence electrons. The van der Waals surface area contributed by atoms with E-state index in [-0.39, 0.29) is 1.43 Å². The Hall–Kier alpha value is -0.0800. The SMILES string of the molecule is CCC.CCCNCCN1CCCC1.[HH]. The molecule has 1 heterocycles. The summed E-state index contributed by atoms with van der Waals surface area (Å²) < 4.78 is 0. The van der Waals surface area contributed by atoms with E-state index >= 15 is 0 Å². The van der Waals surface area contributed by atoms with Gasteiger partial charge in [0.1, 0.15) is 0 Å². The molecule has 1 fully saturated rings. The predicted octanol–water partition coefficient (Wildman–Crippen LogP) is 2.74. The van der Waals surface area contributed by atoms with Crippen LogP contribution in [-0.2, 0) is 0 Å². The van der Waals surface area contributed by atoms with Crippen LogP contribution in [0.15, 0.2) is 0 Å². The molecule has 0 aromatic carbocycles. The number of hydrogen-bond donors (Lipinski definition) is 1. The highest BCUT2D eigenvalue weighted by Gasteiger charge is 2.09. The maximum absolute atomic E-state index is 3.42. The lowest BCUT2D eigenvalue weighted by Crippen LogP contribution is -2.30. The van der Waals surface area contributed by atoms with Gasteiger partial charge in [-0.2, -0.15) is 0 Å². The van der Waals surface area contributed by atoms with Crippen molar-refractivity contribution in [1.82, 2.24) is 10.2 Å². The number of rotatable bonds is 5. The predicted molar refractivity (Wildman–Crippen MR) is 66.9 cm³/mol. The molecule has 0 aromatic rings. The van der Waals surface area contributed by atoms with Crippen LogP contribution in [0.2, 0.25) is 0 Å². The van der Waals surface area contributed by atoms with Crippen molar-refractivity contribution in [2.45, 2.75) is 46.5 Å². The molecule has 1 aliphatic rings. The van der Waals surface area contributed by atoms with Gasteiger partial charge in [-0.25, -0.2) is 0 Å². The summed E-state index contributed by atoms with van der Waals surface area (Å²) in [4.78, 5) is 2.54.